The number of alkyl halides is 2. The second-order valence-corrected chi connectivity index (χ2v) is 7.48. The number of para-hydroxylation sites is 2. The number of benzene rings is 2. The van der Waals surface area contributed by atoms with Crippen LogP contribution in [0.4, 0.5) is 14.5 Å². The van der Waals surface area contributed by atoms with E-state index < -0.39 is 23.5 Å². The zero-order valence-corrected chi connectivity index (χ0v) is 17.5. The van der Waals surface area contributed by atoms with Gasteiger partial charge in [0.1, 0.15) is 0 Å². The lowest BCUT2D eigenvalue weighted by Gasteiger charge is -2.15. The van der Waals surface area contributed by atoms with E-state index in [1.54, 1.807) is 24.3 Å². The molecule has 1 unspecified atom stereocenters. The van der Waals surface area contributed by atoms with E-state index >= 15 is 0 Å². The second-order valence-electron chi connectivity index (χ2n) is 6.49. The minimum Gasteiger partial charge on any atom is -0.490 e. The molecule has 0 aliphatic rings. The quantitative estimate of drug-likeness (QED) is 0.260. The number of carbonyl (C=O) groups is 1. The Labute approximate surface area is 180 Å². The predicted molar refractivity (Wildman–Crippen MR) is 111 cm³/mol. The van der Waals surface area contributed by atoms with Crippen LogP contribution in [0.15, 0.2) is 42.5 Å². The topological polar surface area (TPSA) is 96.5 Å². The van der Waals surface area contributed by atoms with Crippen molar-refractivity contribution in [1.82, 2.24) is 9.55 Å². The summed E-state index contributed by atoms with van der Waals surface area (Å²) in [7, 11) is 1.34. The van der Waals surface area contributed by atoms with E-state index in [4.69, 9.17) is 9.47 Å². The van der Waals surface area contributed by atoms with E-state index in [0.717, 1.165) is 4.57 Å². The van der Waals surface area contributed by atoms with Gasteiger partial charge in [-0.1, -0.05) is 18.2 Å². The van der Waals surface area contributed by atoms with E-state index in [1.165, 1.54) is 44.0 Å². The molecule has 2 aromatic carbocycles. The molecule has 11 heteroatoms. The lowest BCUT2D eigenvalue weighted by molar-refractivity contribution is -0.385. The van der Waals surface area contributed by atoms with Crippen molar-refractivity contribution in [1.29, 1.82) is 0 Å². The summed E-state index contributed by atoms with van der Waals surface area (Å²) in [6, 6.07) is 11.0. The number of ether oxygens (including phenoxy) is 2. The molecule has 0 aliphatic carbocycles. The number of halogens is 2. The van der Waals surface area contributed by atoms with Gasteiger partial charge in [-0.05, 0) is 30.7 Å². The first kappa shape index (κ1) is 22.5. The molecule has 0 N–H and O–H groups in total. The Morgan fingerprint density at radius 2 is 2.03 bits per heavy atom. The fourth-order valence-electron chi connectivity index (χ4n) is 3.06. The molecule has 1 heterocycles. The summed E-state index contributed by atoms with van der Waals surface area (Å²) in [5.74, 6) is -0.231. The Balaban J connectivity index is 1.62. The number of thioether (sulfide) groups is 1. The lowest BCUT2D eigenvalue weighted by Crippen LogP contribution is -2.15. The summed E-state index contributed by atoms with van der Waals surface area (Å²) < 4.78 is 38.1. The van der Waals surface area contributed by atoms with Crippen molar-refractivity contribution in [2.45, 2.75) is 25.3 Å². The average molecular weight is 451 g/mol. The van der Waals surface area contributed by atoms with Crippen LogP contribution in [0.1, 0.15) is 31.0 Å². The maximum Gasteiger partial charge on any atom is 0.320 e. The molecule has 3 aromatic rings. The number of aromatic nitrogens is 2. The van der Waals surface area contributed by atoms with Gasteiger partial charge in [0.05, 0.1) is 28.8 Å². The number of imidazole rings is 1. The SMILES string of the molecule is COc1ccc(CSCC(=O)OC(C)c2nc3ccccc3n2C(F)F)cc1[N+](=O)[O-]. The van der Waals surface area contributed by atoms with Crippen LogP contribution in [0.25, 0.3) is 11.0 Å². The Morgan fingerprint density at radius 1 is 1.29 bits per heavy atom. The normalized spacial score (nSPS) is 12.2. The molecule has 0 aliphatic heterocycles. The monoisotopic (exact) mass is 451 g/mol. The summed E-state index contributed by atoms with van der Waals surface area (Å²) in [6.07, 6.45) is -0.975. The molecule has 0 saturated carbocycles. The van der Waals surface area contributed by atoms with Crippen molar-refractivity contribution in [2.75, 3.05) is 12.9 Å². The molecule has 0 amide bonds. The fraction of sp³-hybridized carbons (Fsp3) is 0.300. The fourth-order valence-corrected chi connectivity index (χ4v) is 3.81. The molecular weight excluding hydrogens is 432 g/mol. The maximum atomic E-state index is 13.5. The van der Waals surface area contributed by atoms with Crippen LogP contribution in [0.2, 0.25) is 0 Å². The van der Waals surface area contributed by atoms with E-state index in [2.05, 4.69) is 4.98 Å². The molecule has 0 saturated heterocycles. The number of nitro benzene ring substituents is 1. The number of nitrogens with zero attached hydrogens (tertiary/aromatic N) is 3. The zero-order valence-electron chi connectivity index (χ0n) is 16.7. The van der Waals surface area contributed by atoms with Gasteiger partial charge < -0.3 is 9.47 Å². The van der Waals surface area contributed by atoms with E-state index in [9.17, 15) is 23.7 Å². The first-order valence-corrected chi connectivity index (χ1v) is 10.3. The highest BCUT2D eigenvalue weighted by atomic mass is 32.2. The first-order chi connectivity index (χ1) is 14.8. The molecule has 3 rings (SSSR count). The van der Waals surface area contributed by atoms with Gasteiger partial charge in [0, 0.05) is 11.8 Å². The van der Waals surface area contributed by atoms with Crippen molar-refractivity contribution < 1.29 is 28.0 Å². The largest absolute Gasteiger partial charge is 0.490 e. The Bertz CT molecular complexity index is 1110. The van der Waals surface area contributed by atoms with Gasteiger partial charge in [0.15, 0.2) is 17.7 Å². The van der Waals surface area contributed by atoms with Crippen LogP contribution in [0.5, 0.6) is 5.75 Å². The van der Waals surface area contributed by atoms with Crippen molar-refractivity contribution >= 4 is 34.5 Å². The highest BCUT2D eigenvalue weighted by Crippen LogP contribution is 2.30. The molecule has 0 spiro atoms. The third-order valence-corrected chi connectivity index (χ3v) is 5.40. The van der Waals surface area contributed by atoms with Gasteiger partial charge in [-0.3, -0.25) is 19.5 Å². The van der Waals surface area contributed by atoms with Gasteiger partial charge in [0.25, 0.3) is 0 Å². The minimum atomic E-state index is -2.83. The van der Waals surface area contributed by atoms with E-state index in [-0.39, 0.29) is 28.5 Å². The predicted octanol–water partition coefficient (Wildman–Crippen LogP) is 4.89. The van der Waals surface area contributed by atoms with Crippen LogP contribution in [0.3, 0.4) is 0 Å². The molecule has 1 aromatic heterocycles. The van der Waals surface area contributed by atoms with Crippen LogP contribution in [-0.2, 0) is 15.3 Å². The van der Waals surface area contributed by atoms with E-state index in [1.807, 2.05) is 0 Å². The summed E-state index contributed by atoms with van der Waals surface area (Å²) >= 11 is 1.19. The molecule has 8 nitrogen and oxygen atoms in total. The molecular formula is C20H19F2N3O5S. The third-order valence-electron chi connectivity index (χ3n) is 4.42. The number of fused-ring (bicyclic) bond motifs is 1. The van der Waals surface area contributed by atoms with Gasteiger partial charge in [-0.2, -0.15) is 8.78 Å². The third kappa shape index (κ3) is 5.10. The van der Waals surface area contributed by atoms with Crippen molar-refractivity contribution in [3.05, 3.63) is 64.0 Å². The number of esters is 1. The Hall–Kier alpha value is -3.21. The van der Waals surface area contributed by atoms with Gasteiger partial charge in [-0.15, -0.1) is 11.8 Å². The standard InChI is InChI=1S/C20H19F2N3O5S/c1-12(19-23-14-5-3-4-6-15(14)24(19)20(21)22)30-18(26)11-31-10-13-7-8-17(29-2)16(9-13)25(27)28/h3-9,12,20H,10-11H2,1-2H3. The van der Waals surface area contributed by atoms with Gasteiger partial charge in [0.2, 0.25) is 0 Å². The zero-order chi connectivity index (χ0) is 22.5. The number of hydrogen-bond donors (Lipinski definition) is 0. The molecule has 1 atom stereocenters. The molecule has 164 valence electrons. The minimum absolute atomic E-state index is 0.0414. The van der Waals surface area contributed by atoms with Crippen LogP contribution < -0.4 is 4.74 Å². The number of hydrogen-bond acceptors (Lipinski definition) is 7. The summed E-state index contributed by atoms with van der Waals surface area (Å²) in [5, 5.41) is 11.1. The summed E-state index contributed by atoms with van der Waals surface area (Å²) in [6.45, 7) is -1.35. The van der Waals surface area contributed by atoms with Gasteiger partial charge >= 0.3 is 18.2 Å². The lowest BCUT2D eigenvalue weighted by atomic mass is 10.2. The number of nitro groups is 1. The maximum absolute atomic E-state index is 13.5. The molecule has 0 fully saturated rings. The molecule has 0 bridgehead atoms. The number of carbonyl (C=O) groups excluding carboxylic acids is 1. The first-order valence-electron chi connectivity index (χ1n) is 9.15. The van der Waals surface area contributed by atoms with Crippen LogP contribution >= 0.6 is 11.8 Å². The van der Waals surface area contributed by atoms with Crippen LogP contribution in [0, 0.1) is 10.1 Å². The smallest absolute Gasteiger partial charge is 0.320 e. The van der Waals surface area contributed by atoms with Crippen molar-refractivity contribution in [2.24, 2.45) is 0 Å². The second kappa shape index (κ2) is 9.73. The van der Waals surface area contributed by atoms with Crippen molar-refractivity contribution in [3.63, 3.8) is 0 Å². The summed E-state index contributed by atoms with van der Waals surface area (Å²) in [5.41, 5.74) is 1.11. The van der Waals surface area contributed by atoms with E-state index in [0.29, 0.717) is 16.8 Å². The molecule has 31 heavy (non-hydrogen) atoms. The van der Waals surface area contributed by atoms with Gasteiger partial charge in [-0.25, -0.2) is 4.98 Å². The Kier molecular flexibility index (Phi) is 7.06. The Morgan fingerprint density at radius 3 is 2.71 bits per heavy atom. The van der Waals surface area contributed by atoms with Crippen LogP contribution in [-0.4, -0.2) is 33.3 Å². The highest BCUT2D eigenvalue weighted by Gasteiger charge is 2.24. The number of methoxy groups -OCH3 is 1. The summed E-state index contributed by atoms with van der Waals surface area (Å²) in [4.78, 5) is 26.9. The average Bonchev–Trinajstić information content (AvgIpc) is 3.13. The number of rotatable bonds is 9. The highest BCUT2D eigenvalue weighted by molar-refractivity contribution is 7.99. The molecule has 0 radical (unpaired) electrons. The van der Waals surface area contributed by atoms with Crippen molar-refractivity contribution in [3.8, 4) is 5.75 Å².